The van der Waals surface area contributed by atoms with E-state index in [2.05, 4.69) is 50.8 Å². The Morgan fingerprint density at radius 2 is 1.81 bits per heavy atom. The molecule has 2 N–H and O–H groups in total. The van der Waals surface area contributed by atoms with Gasteiger partial charge >= 0.3 is 0 Å². The van der Waals surface area contributed by atoms with E-state index in [-0.39, 0.29) is 0 Å². The summed E-state index contributed by atoms with van der Waals surface area (Å²) in [4.78, 5) is 2.42. The van der Waals surface area contributed by atoms with E-state index in [4.69, 9.17) is 5.73 Å². The van der Waals surface area contributed by atoms with Crippen molar-refractivity contribution in [2.75, 3.05) is 19.6 Å². The first-order valence-corrected chi connectivity index (χ1v) is 6.15. The molecule has 0 aliphatic rings. The van der Waals surface area contributed by atoms with Gasteiger partial charge < -0.3 is 5.73 Å². The van der Waals surface area contributed by atoms with Crippen molar-refractivity contribution in [1.82, 2.24) is 4.90 Å². The number of aryl methyl sites for hydroxylation is 1. The van der Waals surface area contributed by atoms with Crippen LogP contribution in [0.25, 0.3) is 0 Å². The molecule has 2 nitrogen and oxygen atoms in total. The molecule has 0 aliphatic carbocycles. The minimum absolute atomic E-state index is 0.356. The van der Waals surface area contributed by atoms with Gasteiger partial charge in [0.25, 0.3) is 0 Å². The first-order chi connectivity index (χ1) is 7.65. The fraction of sp³-hybridized carbons (Fsp3) is 0.571. The topological polar surface area (TPSA) is 29.3 Å². The van der Waals surface area contributed by atoms with Gasteiger partial charge in [0, 0.05) is 12.6 Å². The molecule has 0 bridgehead atoms. The molecular formula is C14H24N2. The summed E-state index contributed by atoms with van der Waals surface area (Å²) in [5.74, 6) is 0. The molecule has 0 heterocycles. The Labute approximate surface area is 99.5 Å². The summed E-state index contributed by atoms with van der Waals surface area (Å²) in [7, 11) is 0. The second kappa shape index (κ2) is 6.02. The van der Waals surface area contributed by atoms with Gasteiger partial charge in [0.05, 0.1) is 0 Å². The molecule has 1 rings (SSSR count). The Kier molecular flexibility index (Phi) is 4.97. The molecule has 0 saturated carbocycles. The highest BCUT2D eigenvalue weighted by molar-refractivity contribution is 5.35. The molecule has 90 valence electrons. The van der Waals surface area contributed by atoms with Crippen LogP contribution in [0.1, 0.15) is 36.6 Å². The molecule has 0 radical (unpaired) electrons. The lowest BCUT2D eigenvalue weighted by Gasteiger charge is -2.30. The summed E-state index contributed by atoms with van der Waals surface area (Å²) in [5.41, 5.74) is 10.0. The van der Waals surface area contributed by atoms with E-state index in [1.54, 1.807) is 0 Å². The predicted octanol–water partition coefficient (Wildman–Crippen LogP) is 2.65. The van der Waals surface area contributed by atoms with E-state index in [1.807, 2.05) is 0 Å². The Hall–Kier alpha value is -0.860. The smallest absolute Gasteiger partial charge is 0.0472 e. The van der Waals surface area contributed by atoms with E-state index < -0.39 is 0 Å². The minimum Gasteiger partial charge on any atom is -0.329 e. The van der Waals surface area contributed by atoms with Gasteiger partial charge in [-0.1, -0.05) is 32.0 Å². The Balaban J connectivity index is 3.07. The highest BCUT2D eigenvalue weighted by Crippen LogP contribution is 2.24. The fourth-order valence-corrected chi connectivity index (χ4v) is 2.27. The van der Waals surface area contributed by atoms with Gasteiger partial charge in [-0.3, -0.25) is 4.90 Å². The van der Waals surface area contributed by atoms with Crippen molar-refractivity contribution in [1.29, 1.82) is 0 Å². The van der Waals surface area contributed by atoms with Crippen molar-refractivity contribution in [3.05, 3.63) is 34.9 Å². The molecule has 1 aromatic carbocycles. The molecule has 0 aromatic heterocycles. The standard InChI is InChI=1S/C14H24N2/c1-5-16(6-2)14(10-15)13-9-7-8-11(3)12(13)4/h7-9,14H,5-6,10,15H2,1-4H3. The third-order valence-electron chi connectivity index (χ3n) is 3.48. The zero-order chi connectivity index (χ0) is 12.1. The second-order valence-corrected chi connectivity index (χ2v) is 4.26. The van der Waals surface area contributed by atoms with E-state index >= 15 is 0 Å². The van der Waals surface area contributed by atoms with E-state index in [0.717, 1.165) is 13.1 Å². The van der Waals surface area contributed by atoms with Crippen molar-refractivity contribution in [2.24, 2.45) is 5.73 Å². The minimum atomic E-state index is 0.356. The molecule has 0 saturated heterocycles. The van der Waals surface area contributed by atoms with Crippen molar-refractivity contribution in [3.63, 3.8) is 0 Å². The maximum Gasteiger partial charge on any atom is 0.0472 e. The number of hydrogen-bond donors (Lipinski definition) is 1. The van der Waals surface area contributed by atoms with E-state index in [9.17, 15) is 0 Å². The number of likely N-dealkylation sites (N-methyl/N-ethyl adjacent to an activating group) is 1. The fourth-order valence-electron chi connectivity index (χ4n) is 2.27. The van der Waals surface area contributed by atoms with Gasteiger partial charge in [-0.2, -0.15) is 0 Å². The normalized spacial score (nSPS) is 13.1. The van der Waals surface area contributed by atoms with Gasteiger partial charge in [-0.05, 0) is 43.6 Å². The van der Waals surface area contributed by atoms with Crippen LogP contribution in [0.15, 0.2) is 18.2 Å². The quantitative estimate of drug-likeness (QED) is 0.826. The van der Waals surface area contributed by atoms with E-state index in [0.29, 0.717) is 12.6 Å². The first-order valence-electron chi connectivity index (χ1n) is 6.15. The summed E-state index contributed by atoms with van der Waals surface area (Å²) in [6.07, 6.45) is 0. The summed E-state index contributed by atoms with van der Waals surface area (Å²) in [5, 5.41) is 0. The average Bonchev–Trinajstić information content (AvgIpc) is 2.30. The number of benzene rings is 1. The van der Waals surface area contributed by atoms with Crippen molar-refractivity contribution < 1.29 is 0 Å². The van der Waals surface area contributed by atoms with Crippen LogP contribution in [-0.4, -0.2) is 24.5 Å². The van der Waals surface area contributed by atoms with Crippen LogP contribution in [0.4, 0.5) is 0 Å². The molecule has 0 spiro atoms. The van der Waals surface area contributed by atoms with Crippen LogP contribution >= 0.6 is 0 Å². The van der Waals surface area contributed by atoms with Crippen molar-refractivity contribution in [2.45, 2.75) is 33.7 Å². The molecular weight excluding hydrogens is 196 g/mol. The SMILES string of the molecule is CCN(CC)C(CN)c1cccc(C)c1C. The maximum absolute atomic E-state index is 5.93. The predicted molar refractivity (Wildman–Crippen MR) is 70.6 cm³/mol. The molecule has 1 aromatic rings. The highest BCUT2D eigenvalue weighted by atomic mass is 15.2. The van der Waals surface area contributed by atoms with Gasteiger partial charge in [-0.25, -0.2) is 0 Å². The molecule has 1 unspecified atom stereocenters. The van der Waals surface area contributed by atoms with Crippen LogP contribution < -0.4 is 5.73 Å². The molecule has 16 heavy (non-hydrogen) atoms. The highest BCUT2D eigenvalue weighted by Gasteiger charge is 2.18. The van der Waals surface area contributed by atoms with Crippen molar-refractivity contribution in [3.8, 4) is 0 Å². The first kappa shape index (κ1) is 13.2. The summed E-state index contributed by atoms with van der Waals surface area (Å²) < 4.78 is 0. The number of hydrogen-bond acceptors (Lipinski definition) is 2. The molecule has 0 fully saturated rings. The third-order valence-corrected chi connectivity index (χ3v) is 3.48. The number of nitrogens with two attached hydrogens (primary N) is 1. The molecule has 2 heteroatoms. The lowest BCUT2D eigenvalue weighted by Crippen LogP contribution is -2.34. The summed E-state index contributed by atoms with van der Waals surface area (Å²) >= 11 is 0. The van der Waals surface area contributed by atoms with Crippen LogP contribution in [0.2, 0.25) is 0 Å². The summed E-state index contributed by atoms with van der Waals surface area (Å²) in [6.45, 7) is 11.5. The van der Waals surface area contributed by atoms with Crippen LogP contribution in [0, 0.1) is 13.8 Å². The molecule has 0 aliphatic heterocycles. The molecule has 0 amide bonds. The lowest BCUT2D eigenvalue weighted by atomic mass is 9.96. The number of nitrogens with zero attached hydrogens (tertiary/aromatic N) is 1. The largest absolute Gasteiger partial charge is 0.329 e. The van der Waals surface area contributed by atoms with Gasteiger partial charge in [0.15, 0.2) is 0 Å². The Morgan fingerprint density at radius 3 is 2.31 bits per heavy atom. The zero-order valence-corrected chi connectivity index (χ0v) is 11.0. The van der Waals surface area contributed by atoms with Crippen LogP contribution in [0.3, 0.4) is 0 Å². The van der Waals surface area contributed by atoms with Gasteiger partial charge in [-0.15, -0.1) is 0 Å². The van der Waals surface area contributed by atoms with Crippen LogP contribution in [0.5, 0.6) is 0 Å². The van der Waals surface area contributed by atoms with Gasteiger partial charge in [0.1, 0.15) is 0 Å². The average molecular weight is 220 g/mol. The van der Waals surface area contributed by atoms with Crippen molar-refractivity contribution >= 4 is 0 Å². The summed E-state index contributed by atoms with van der Waals surface area (Å²) in [6, 6.07) is 6.85. The van der Waals surface area contributed by atoms with E-state index in [1.165, 1.54) is 16.7 Å². The Bertz CT molecular complexity index is 330. The number of rotatable bonds is 5. The second-order valence-electron chi connectivity index (χ2n) is 4.26. The molecule has 1 atom stereocenters. The monoisotopic (exact) mass is 220 g/mol. The van der Waals surface area contributed by atoms with Crippen LogP contribution in [-0.2, 0) is 0 Å². The third kappa shape index (κ3) is 2.63. The lowest BCUT2D eigenvalue weighted by molar-refractivity contribution is 0.223. The Morgan fingerprint density at radius 1 is 1.19 bits per heavy atom. The maximum atomic E-state index is 5.93. The zero-order valence-electron chi connectivity index (χ0n) is 11.0. The van der Waals surface area contributed by atoms with Gasteiger partial charge in [0.2, 0.25) is 0 Å².